The molecule has 184 valence electrons. The van der Waals surface area contributed by atoms with Gasteiger partial charge in [-0.25, -0.2) is 0 Å². The summed E-state index contributed by atoms with van der Waals surface area (Å²) in [6.07, 6.45) is -0.0227. The Labute approximate surface area is 195 Å². The van der Waals surface area contributed by atoms with Gasteiger partial charge in [-0.3, -0.25) is 24.5 Å². The Bertz CT molecular complexity index is 821. The number of methoxy groups -OCH3 is 1. The fourth-order valence-electron chi connectivity index (χ4n) is 3.46. The maximum Gasteiger partial charge on any atom is 0.307 e. The molecule has 0 bridgehead atoms. The first-order chi connectivity index (χ1) is 15.4. The maximum absolute atomic E-state index is 13.6. The van der Waals surface area contributed by atoms with Gasteiger partial charge in [-0.2, -0.15) is 0 Å². The average Bonchev–Trinajstić information content (AvgIpc) is 2.75. The zero-order valence-electron chi connectivity index (χ0n) is 20.1. The summed E-state index contributed by atoms with van der Waals surface area (Å²) in [5, 5.41) is 15.0. The van der Waals surface area contributed by atoms with Crippen molar-refractivity contribution in [3.63, 3.8) is 0 Å². The van der Waals surface area contributed by atoms with Crippen LogP contribution in [0.15, 0.2) is 30.3 Å². The number of benzene rings is 1. The van der Waals surface area contributed by atoms with Crippen molar-refractivity contribution in [2.45, 2.75) is 71.0 Å². The minimum Gasteiger partial charge on any atom is -0.481 e. The molecule has 2 unspecified atom stereocenters. The van der Waals surface area contributed by atoms with Crippen molar-refractivity contribution in [1.82, 2.24) is 10.6 Å². The number of aliphatic carboxylic acids is 1. The fraction of sp³-hybridized carbons (Fsp3) is 0.583. The maximum atomic E-state index is 13.6. The SMILES string of the molecule is CCC(NCCC(C)(C)C)(C(=O)NC(CC(=O)OC)c1ccccc1)C(=O)[C@@H](N)CC(=O)O. The van der Waals surface area contributed by atoms with E-state index in [0.717, 1.165) is 0 Å². The van der Waals surface area contributed by atoms with Crippen LogP contribution in [0.2, 0.25) is 0 Å². The summed E-state index contributed by atoms with van der Waals surface area (Å²) in [5.74, 6) is -3.13. The highest BCUT2D eigenvalue weighted by Crippen LogP contribution is 2.23. The Morgan fingerprint density at radius 3 is 2.18 bits per heavy atom. The van der Waals surface area contributed by atoms with Gasteiger partial charge in [0.15, 0.2) is 11.3 Å². The third-order valence-electron chi connectivity index (χ3n) is 5.48. The van der Waals surface area contributed by atoms with E-state index in [1.54, 1.807) is 37.3 Å². The molecular weight excluding hydrogens is 426 g/mol. The van der Waals surface area contributed by atoms with Gasteiger partial charge in [0.2, 0.25) is 5.91 Å². The van der Waals surface area contributed by atoms with Crippen LogP contribution in [-0.4, -0.2) is 54.0 Å². The summed E-state index contributed by atoms with van der Waals surface area (Å²) in [6, 6.07) is 6.75. The molecule has 1 rings (SSSR count). The number of ketones is 1. The molecule has 5 N–H and O–H groups in total. The zero-order chi connectivity index (χ0) is 25.2. The van der Waals surface area contributed by atoms with Gasteiger partial charge in [-0.1, -0.05) is 58.0 Å². The number of hydrogen-bond acceptors (Lipinski definition) is 7. The molecule has 0 aliphatic rings. The van der Waals surface area contributed by atoms with Gasteiger partial charge < -0.3 is 20.9 Å². The van der Waals surface area contributed by atoms with Crippen LogP contribution in [0.3, 0.4) is 0 Å². The van der Waals surface area contributed by atoms with Gasteiger partial charge in [0.05, 0.1) is 32.0 Å². The van der Waals surface area contributed by atoms with E-state index in [-0.39, 0.29) is 18.3 Å². The molecule has 9 heteroatoms. The van der Waals surface area contributed by atoms with E-state index < -0.39 is 47.7 Å². The number of Topliss-reactive ketones (excluding diaryl/α,β-unsaturated/α-hetero) is 1. The number of rotatable bonds is 13. The van der Waals surface area contributed by atoms with E-state index in [1.807, 2.05) is 20.8 Å². The van der Waals surface area contributed by atoms with Crippen molar-refractivity contribution < 1.29 is 29.0 Å². The molecule has 0 radical (unpaired) electrons. The molecule has 3 atom stereocenters. The molecular formula is C24H37N3O6. The summed E-state index contributed by atoms with van der Waals surface area (Å²) in [5.41, 5.74) is 4.75. The molecule has 1 amide bonds. The number of hydrogen-bond donors (Lipinski definition) is 4. The van der Waals surface area contributed by atoms with Gasteiger partial charge in [0.25, 0.3) is 0 Å². The first-order valence-corrected chi connectivity index (χ1v) is 11.1. The highest BCUT2D eigenvalue weighted by molar-refractivity contribution is 6.13. The smallest absolute Gasteiger partial charge is 0.307 e. The van der Waals surface area contributed by atoms with Crippen LogP contribution in [0.4, 0.5) is 0 Å². The number of nitrogens with two attached hydrogens (primary N) is 1. The fourth-order valence-corrected chi connectivity index (χ4v) is 3.46. The van der Waals surface area contributed by atoms with Crippen LogP contribution < -0.4 is 16.4 Å². The Hall–Kier alpha value is -2.78. The minimum atomic E-state index is -1.75. The predicted molar refractivity (Wildman–Crippen MR) is 124 cm³/mol. The number of carbonyl (C=O) groups excluding carboxylic acids is 3. The Morgan fingerprint density at radius 2 is 1.70 bits per heavy atom. The summed E-state index contributed by atoms with van der Waals surface area (Å²) in [7, 11) is 1.26. The molecule has 1 aromatic carbocycles. The molecule has 0 aliphatic carbocycles. The molecule has 9 nitrogen and oxygen atoms in total. The topological polar surface area (TPSA) is 148 Å². The van der Waals surface area contributed by atoms with Crippen LogP contribution in [0.5, 0.6) is 0 Å². The first kappa shape index (κ1) is 28.3. The molecule has 1 aromatic rings. The third kappa shape index (κ3) is 8.58. The number of carboxylic acids is 1. The number of esters is 1. The Morgan fingerprint density at radius 1 is 1.09 bits per heavy atom. The van der Waals surface area contributed by atoms with Crippen molar-refractivity contribution in [2.75, 3.05) is 13.7 Å². The van der Waals surface area contributed by atoms with E-state index in [2.05, 4.69) is 10.6 Å². The van der Waals surface area contributed by atoms with E-state index >= 15 is 0 Å². The van der Waals surface area contributed by atoms with Gasteiger partial charge in [0, 0.05) is 0 Å². The highest BCUT2D eigenvalue weighted by Gasteiger charge is 2.47. The van der Waals surface area contributed by atoms with Crippen LogP contribution >= 0.6 is 0 Å². The second-order valence-electron chi connectivity index (χ2n) is 9.28. The molecule has 33 heavy (non-hydrogen) atoms. The zero-order valence-corrected chi connectivity index (χ0v) is 20.1. The van der Waals surface area contributed by atoms with Crippen molar-refractivity contribution >= 4 is 23.6 Å². The van der Waals surface area contributed by atoms with E-state index in [4.69, 9.17) is 15.6 Å². The van der Waals surface area contributed by atoms with Gasteiger partial charge >= 0.3 is 11.9 Å². The van der Waals surface area contributed by atoms with Crippen LogP contribution in [-0.2, 0) is 23.9 Å². The number of nitrogens with one attached hydrogen (secondary N) is 2. The van der Waals surface area contributed by atoms with E-state index in [9.17, 15) is 19.2 Å². The van der Waals surface area contributed by atoms with Crippen LogP contribution in [0.1, 0.15) is 65.0 Å². The van der Waals surface area contributed by atoms with E-state index in [1.165, 1.54) is 7.11 Å². The van der Waals surface area contributed by atoms with Crippen molar-refractivity contribution in [2.24, 2.45) is 11.1 Å². The summed E-state index contributed by atoms with van der Waals surface area (Å²) in [4.78, 5) is 50.1. The molecule has 0 heterocycles. The lowest BCUT2D eigenvalue weighted by Crippen LogP contribution is -2.66. The molecule has 0 aliphatic heterocycles. The van der Waals surface area contributed by atoms with Crippen molar-refractivity contribution in [3.05, 3.63) is 35.9 Å². The molecule has 0 saturated carbocycles. The molecule has 0 fully saturated rings. The van der Waals surface area contributed by atoms with Gasteiger partial charge in [0.1, 0.15) is 0 Å². The standard InChI is InChI=1S/C24H37N3O6/c1-6-24(26-13-12-23(2,3)4,21(31)17(25)14-19(28)29)22(32)27-18(15-20(30)33-5)16-10-8-7-9-11-16/h7-11,17-18,26H,6,12-15,25H2,1-5H3,(H,27,32)(H,28,29)/t17-,18?,24?/m0/s1. The lowest BCUT2D eigenvalue weighted by molar-refractivity contribution is -0.144. The van der Waals surface area contributed by atoms with Gasteiger partial charge in [-0.05, 0) is 30.4 Å². The second-order valence-corrected chi connectivity index (χ2v) is 9.28. The Balaban J connectivity index is 3.31. The third-order valence-corrected chi connectivity index (χ3v) is 5.48. The van der Waals surface area contributed by atoms with Gasteiger partial charge in [-0.15, -0.1) is 0 Å². The number of ether oxygens (including phenoxy) is 1. The quantitative estimate of drug-likeness (QED) is 0.256. The summed E-state index contributed by atoms with van der Waals surface area (Å²) < 4.78 is 4.77. The number of amides is 1. The van der Waals surface area contributed by atoms with E-state index in [0.29, 0.717) is 18.5 Å². The summed E-state index contributed by atoms with van der Waals surface area (Å²) >= 11 is 0. The predicted octanol–water partition coefficient (Wildman–Crippen LogP) is 1.95. The van der Waals surface area contributed by atoms with Crippen LogP contribution in [0.25, 0.3) is 0 Å². The first-order valence-electron chi connectivity index (χ1n) is 11.1. The lowest BCUT2D eigenvalue weighted by atomic mass is 9.83. The number of carboxylic acid groups (broad SMARTS) is 1. The average molecular weight is 464 g/mol. The Kier molecular flexibility index (Phi) is 10.7. The molecule has 0 saturated heterocycles. The van der Waals surface area contributed by atoms with Crippen molar-refractivity contribution in [3.8, 4) is 0 Å². The molecule has 0 aromatic heterocycles. The number of carbonyl (C=O) groups is 4. The monoisotopic (exact) mass is 463 g/mol. The van der Waals surface area contributed by atoms with Crippen molar-refractivity contribution in [1.29, 1.82) is 0 Å². The largest absolute Gasteiger partial charge is 0.481 e. The lowest BCUT2D eigenvalue weighted by Gasteiger charge is -2.35. The normalized spacial score (nSPS) is 15.1. The molecule has 0 spiro atoms. The second kappa shape index (κ2) is 12.5. The highest BCUT2D eigenvalue weighted by atomic mass is 16.5. The minimum absolute atomic E-state index is 0.0505. The van der Waals surface area contributed by atoms with Crippen LogP contribution in [0, 0.1) is 5.41 Å². The summed E-state index contributed by atoms with van der Waals surface area (Å²) in [6.45, 7) is 8.09.